The number of ether oxygens (including phenoxy) is 2. The molecule has 1 rings (SSSR count). The van der Waals surface area contributed by atoms with Gasteiger partial charge < -0.3 is 20.5 Å². The van der Waals surface area contributed by atoms with Crippen molar-refractivity contribution in [3.05, 3.63) is 23.8 Å². The smallest absolute Gasteiger partial charge is 0.258 e. The fourth-order valence-corrected chi connectivity index (χ4v) is 1.66. The van der Waals surface area contributed by atoms with Crippen molar-refractivity contribution in [3.8, 4) is 11.5 Å². The van der Waals surface area contributed by atoms with Crippen molar-refractivity contribution in [2.75, 3.05) is 13.7 Å². The van der Waals surface area contributed by atoms with E-state index in [-0.39, 0.29) is 23.0 Å². The van der Waals surface area contributed by atoms with Gasteiger partial charge in [0.05, 0.1) is 7.11 Å². The van der Waals surface area contributed by atoms with Gasteiger partial charge in [-0.15, -0.1) is 0 Å². The molecule has 0 aliphatic rings. The first kappa shape index (κ1) is 16.2. The molecule has 6 heteroatoms. The molecule has 5 nitrogen and oxygen atoms in total. The predicted molar refractivity (Wildman–Crippen MR) is 82.3 cm³/mol. The molecular formula is C14H20N2O3S. The molecule has 0 unspecified atom stereocenters. The highest BCUT2D eigenvalue weighted by Crippen LogP contribution is 2.28. The summed E-state index contributed by atoms with van der Waals surface area (Å²) in [6.45, 7) is 5.63. The Hall–Kier alpha value is -1.82. The molecule has 0 atom stereocenters. The molecule has 20 heavy (non-hydrogen) atoms. The summed E-state index contributed by atoms with van der Waals surface area (Å²) in [6, 6.07) is 5.08. The van der Waals surface area contributed by atoms with Crippen LogP contribution in [0.2, 0.25) is 0 Å². The number of benzene rings is 1. The van der Waals surface area contributed by atoms with Gasteiger partial charge in [-0.2, -0.15) is 0 Å². The molecule has 0 heterocycles. The number of hydrogen-bond donors (Lipinski definition) is 2. The maximum Gasteiger partial charge on any atom is 0.258 e. The van der Waals surface area contributed by atoms with Crippen molar-refractivity contribution in [1.29, 1.82) is 0 Å². The summed E-state index contributed by atoms with van der Waals surface area (Å²) in [5, 5.41) is 2.81. The molecule has 1 aromatic carbocycles. The summed E-state index contributed by atoms with van der Waals surface area (Å²) in [5.41, 5.74) is 5.94. The van der Waals surface area contributed by atoms with E-state index >= 15 is 0 Å². The summed E-state index contributed by atoms with van der Waals surface area (Å²) in [6.07, 6.45) is 0. The van der Waals surface area contributed by atoms with E-state index in [2.05, 4.69) is 5.32 Å². The molecule has 0 aromatic heterocycles. The first-order valence-corrected chi connectivity index (χ1v) is 6.55. The molecule has 0 bridgehead atoms. The van der Waals surface area contributed by atoms with Crippen LogP contribution in [0.5, 0.6) is 11.5 Å². The molecule has 0 fully saturated rings. The monoisotopic (exact) mass is 296 g/mol. The standard InChI is InChI=1S/C14H20N2O3S/c1-14(2,3)16-12(17)8-19-10-6-5-9(13(15)20)7-11(10)18-4/h5-7H,8H2,1-4H3,(H2,15,20)(H,16,17). The average Bonchev–Trinajstić information content (AvgIpc) is 2.33. The van der Waals surface area contributed by atoms with Crippen LogP contribution in [0.15, 0.2) is 18.2 Å². The number of rotatable bonds is 5. The maximum atomic E-state index is 11.7. The van der Waals surface area contributed by atoms with E-state index < -0.39 is 0 Å². The largest absolute Gasteiger partial charge is 0.493 e. The fraction of sp³-hybridized carbons (Fsp3) is 0.429. The molecule has 1 aromatic rings. The highest BCUT2D eigenvalue weighted by atomic mass is 32.1. The van der Waals surface area contributed by atoms with E-state index in [9.17, 15) is 4.79 Å². The van der Waals surface area contributed by atoms with Crippen LogP contribution in [0.3, 0.4) is 0 Å². The molecule has 1 amide bonds. The Morgan fingerprint density at radius 1 is 1.35 bits per heavy atom. The lowest BCUT2D eigenvalue weighted by molar-refractivity contribution is -0.124. The van der Waals surface area contributed by atoms with Crippen LogP contribution in [0.1, 0.15) is 26.3 Å². The molecule has 0 aliphatic heterocycles. The average molecular weight is 296 g/mol. The molecule has 110 valence electrons. The molecule has 0 radical (unpaired) electrons. The van der Waals surface area contributed by atoms with Crippen LogP contribution in [0.25, 0.3) is 0 Å². The Kier molecular flexibility index (Phi) is 5.33. The number of amides is 1. The van der Waals surface area contributed by atoms with Gasteiger partial charge in [0.25, 0.3) is 5.91 Å². The van der Waals surface area contributed by atoms with Crippen molar-refractivity contribution in [1.82, 2.24) is 5.32 Å². The number of nitrogens with one attached hydrogen (secondary N) is 1. The third-order valence-electron chi connectivity index (χ3n) is 2.32. The molecular weight excluding hydrogens is 276 g/mol. The summed E-state index contributed by atoms with van der Waals surface area (Å²) >= 11 is 4.90. The zero-order chi connectivity index (χ0) is 15.3. The second-order valence-corrected chi connectivity index (χ2v) is 5.76. The second-order valence-electron chi connectivity index (χ2n) is 5.32. The fourth-order valence-electron chi connectivity index (χ4n) is 1.54. The van der Waals surface area contributed by atoms with E-state index in [1.54, 1.807) is 18.2 Å². The van der Waals surface area contributed by atoms with Gasteiger partial charge in [-0.3, -0.25) is 4.79 Å². The number of carbonyl (C=O) groups excluding carboxylic acids is 1. The van der Waals surface area contributed by atoms with Gasteiger partial charge in [-0.05, 0) is 39.0 Å². The lowest BCUT2D eigenvalue weighted by Crippen LogP contribution is -2.43. The maximum absolute atomic E-state index is 11.7. The summed E-state index contributed by atoms with van der Waals surface area (Å²) in [4.78, 5) is 12.0. The topological polar surface area (TPSA) is 73.6 Å². The van der Waals surface area contributed by atoms with E-state index in [0.29, 0.717) is 17.1 Å². The number of nitrogens with two attached hydrogens (primary N) is 1. The van der Waals surface area contributed by atoms with Gasteiger partial charge in [0.2, 0.25) is 0 Å². The Bertz CT molecular complexity index is 510. The lowest BCUT2D eigenvalue weighted by Gasteiger charge is -2.20. The highest BCUT2D eigenvalue weighted by molar-refractivity contribution is 7.80. The van der Waals surface area contributed by atoms with E-state index in [4.69, 9.17) is 27.4 Å². The predicted octanol–water partition coefficient (Wildman–Crippen LogP) is 1.62. The van der Waals surface area contributed by atoms with E-state index in [0.717, 1.165) is 0 Å². The normalized spacial score (nSPS) is 10.8. The molecule has 0 aliphatic carbocycles. The van der Waals surface area contributed by atoms with Crippen molar-refractivity contribution < 1.29 is 14.3 Å². The number of thiocarbonyl (C=S) groups is 1. The molecule has 3 N–H and O–H groups in total. The van der Waals surface area contributed by atoms with Crippen LogP contribution in [-0.2, 0) is 4.79 Å². The summed E-state index contributed by atoms with van der Waals surface area (Å²) in [5.74, 6) is 0.758. The highest BCUT2D eigenvalue weighted by Gasteiger charge is 2.15. The summed E-state index contributed by atoms with van der Waals surface area (Å²) < 4.78 is 10.6. The van der Waals surface area contributed by atoms with Gasteiger partial charge in [-0.25, -0.2) is 0 Å². The zero-order valence-corrected chi connectivity index (χ0v) is 13.0. The van der Waals surface area contributed by atoms with Gasteiger partial charge >= 0.3 is 0 Å². The number of methoxy groups -OCH3 is 1. The van der Waals surface area contributed by atoms with Crippen LogP contribution in [0.4, 0.5) is 0 Å². The molecule has 0 spiro atoms. The van der Waals surface area contributed by atoms with E-state index in [1.807, 2.05) is 20.8 Å². The van der Waals surface area contributed by atoms with Gasteiger partial charge in [-0.1, -0.05) is 12.2 Å². The minimum absolute atomic E-state index is 0.0833. The minimum Gasteiger partial charge on any atom is -0.493 e. The van der Waals surface area contributed by atoms with Crippen molar-refractivity contribution in [2.24, 2.45) is 5.73 Å². The van der Waals surface area contributed by atoms with Crippen molar-refractivity contribution >= 4 is 23.1 Å². The van der Waals surface area contributed by atoms with Crippen LogP contribution in [-0.4, -0.2) is 30.2 Å². The van der Waals surface area contributed by atoms with Crippen LogP contribution in [0, 0.1) is 0 Å². The Labute approximate surface area is 124 Å². The Morgan fingerprint density at radius 2 is 2.00 bits per heavy atom. The number of carbonyl (C=O) groups is 1. The minimum atomic E-state index is -0.292. The first-order chi connectivity index (χ1) is 9.23. The molecule has 0 saturated carbocycles. The third kappa shape index (κ3) is 5.05. The zero-order valence-electron chi connectivity index (χ0n) is 12.1. The van der Waals surface area contributed by atoms with Crippen molar-refractivity contribution in [2.45, 2.75) is 26.3 Å². The quantitative estimate of drug-likeness (QED) is 0.808. The van der Waals surface area contributed by atoms with Crippen LogP contribution < -0.4 is 20.5 Å². The summed E-state index contributed by atoms with van der Waals surface area (Å²) in [7, 11) is 1.51. The van der Waals surface area contributed by atoms with E-state index in [1.165, 1.54) is 7.11 Å². The Morgan fingerprint density at radius 3 is 2.50 bits per heavy atom. The van der Waals surface area contributed by atoms with Gasteiger partial charge in [0, 0.05) is 11.1 Å². The number of hydrogen-bond acceptors (Lipinski definition) is 4. The van der Waals surface area contributed by atoms with Crippen molar-refractivity contribution in [3.63, 3.8) is 0 Å². The second kappa shape index (κ2) is 6.56. The Balaban J connectivity index is 2.73. The first-order valence-electron chi connectivity index (χ1n) is 6.14. The SMILES string of the molecule is COc1cc(C(N)=S)ccc1OCC(=O)NC(C)(C)C. The van der Waals surface area contributed by atoms with Gasteiger partial charge in [0.1, 0.15) is 4.99 Å². The van der Waals surface area contributed by atoms with Gasteiger partial charge in [0.15, 0.2) is 18.1 Å². The third-order valence-corrected chi connectivity index (χ3v) is 2.56. The lowest BCUT2D eigenvalue weighted by atomic mass is 10.1. The molecule has 0 saturated heterocycles. The van der Waals surface area contributed by atoms with Crippen LogP contribution >= 0.6 is 12.2 Å².